The van der Waals surface area contributed by atoms with Crippen molar-refractivity contribution < 1.29 is 14.6 Å². The Bertz CT molecular complexity index is 458. The molecule has 1 aliphatic rings. The Morgan fingerprint density at radius 3 is 2.70 bits per heavy atom. The lowest BCUT2D eigenvalue weighted by molar-refractivity contribution is -0.145. The van der Waals surface area contributed by atoms with Crippen molar-refractivity contribution in [2.75, 3.05) is 26.7 Å². The monoisotopic (exact) mass is 297 g/mol. The van der Waals surface area contributed by atoms with E-state index in [4.69, 9.17) is 16.3 Å². The third kappa shape index (κ3) is 3.87. The molecule has 1 unspecified atom stereocenters. The molecule has 4 nitrogen and oxygen atoms in total. The normalized spacial score (nSPS) is 18.7. The number of hydrogen-bond acceptors (Lipinski definition) is 3. The van der Waals surface area contributed by atoms with Gasteiger partial charge >= 0.3 is 5.97 Å². The molecule has 1 aromatic carbocycles. The van der Waals surface area contributed by atoms with Gasteiger partial charge in [0.15, 0.2) is 0 Å². The van der Waals surface area contributed by atoms with Gasteiger partial charge in [0.1, 0.15) is 12.4 Å². The van der Waals surface area contributed by atoms with E-state index in [1.54, 1.807) is 12.1 Å². The lowest BCUT2D eigenvalue weighted by atomic mass is 9.85. The lowest BCUT2D eigenvalue weighted by Gasteiger charge is -2.32. The molecule has 1 N–H and O–H groups in total. The zero-order chi connectivity index (χ0) is 14.5. The maximum Gasteiger partial charge on any atom is 0.310 e. The number of aliphatic carboxylic acids is 1. The number of hydrogen-bond donors (Lipinski definition) is 1. The van der Waals surface area contributed by atoms with Crippen LogP contribution in [0.1, 0.15) is 12.8 Å². The first-order chi connectivity index (χ1) is 9.58. The quantitative estimate of drug-likeness (QED) is 0.908. The second-order valence-corrected chi connectivity index (χ2v) is 5.73. The lowest BCUT2D eigenvalue weighted by Crippen LogP contribution is -2.38. The molecule has 0 amide bonds. The number of likely N-dealkylation sites (tertiary alicyclic amines) is 1. The number of piperidine rings is 1. The van der Waals surface area contributed by atoms with Crippen LogP contribution in [0.4, 0.5) is 0 Å². The maximum atomic E-state index is 11.5. The minimum atomic E-state index is -0.786. The van der Waals surface area contributed by atoms with Gasteiger partial charge in [0.25, 0.3) is 0 Å². The first kappa shape index (κ1) is 15.1. The Labute approximate surface area is 124 Å². The van der Waals surface area contributed by atoms with Crippen LogP contribution in [0, 0.1) is 11.8 Å². The van der Waals surface area contributed by atoms with E-state index in [0.29, 0.717) is 10.8 Å². The van der Waals surface area contributed by atoms with Crippen molar-refractivity contribution in [2.24, 2.45) is 11.8 Å². The number of carboxylic acids is 1. The second-order valence-electron chi connectivity index (χ2n) is 5.33. The van der Waals surface area contributed by atoms with Crippen molar-refractivity contribution in [3.05, 3.63) is 29.3 Å². The van der Waals surface area contributed by atoms with Gasteiger partial charge in [-0.25, -0.2) is 0 Å². The predicted octanol–water partition coefficient (Wildman–Crippen LogP) is 2.76. The molecule has 1 atom stereocenters. The van der Waals surface area contributed by atoms with Crippen molar-refractivity contribution >= 4 is 17.6 Å². The average molecular weight is 298 g/mol. The van der Waals surface area contributed by atoms with E-state index in [2.05, 4.69) is 11.9 Å². The summed E-state index contributed by atoms with van der Waals surface area (Å²) in [4.78, 5) is 13.7. The highest BCUT2D eigenvalue weighted by atomic mass is 35.5. The summed E-state index contributed by atoms with van der Waals surface area (Å²) in [5.41, 5.74) is 0. The van der Waals surface area contributed by atoms with Gasteiger partial charge in [-0.15, -0.1) is 0 Å². The Morgan fingerprint density at radius 2 is 2.10 bits per heavy atom. The fraction of sp³-hybridized carbons (Fsp3) is 0.533. The van der Waals surface area contributed by atoms with Crippen molar-refractivity contribution in [1.82, 2.24) is 4.90 Å². The molecule has 1 aromatic rings. The molecule has 5 heteroatoms. The van der Waals surface area contributed by atoms with E-state index in [0.717, 1.165) is 25.9 Å². The van der Waals surface area contributed by atoms with Gasteiger partial charge in [0.2, 0.25) is 0 Å². The fourth-order valence-corrected chi connectivity index (χ4v) is 2.77. The van der Waals surface area contributed by atoms with Gasteiger partial charge < -0.3 is 14.7 Å². The summed E-state index contributed by atoms with van der Waals surface area (Å²) < 4.78 is 5.61. The van der Waals surface area contributed by atoms with Gasteiger partial charge in [-0.1, -0.05) is 23.7 Å². The van der Waals surface area contributed by atoms with Crippen molar-refractivity contribution in [3.63, 3.8) is 0 Å². The summed E-state index contributed by atoms with van der Waals surface area (Å²) in [5, 5.41) is 9.93. The zero-order valence-corrected chi connectivity index (χ0v) is 12.3. The van der Waals surface area contributed by atoms with E-state index >= 15 is 0 Å². The van der Waals surface area contributed by atoms with Crippen LogP contribution >= 0.6 is 11.6 Å². The van der Waals surface area contributed by atoms with Gasteiger partial charge in [-0.3, -0.25) is 4.79 Å². The molecular weight excluding hydrogens is 278 g/mol. The summed E-state index contributed by atoms with van der Waals surface area (Å²) in [6.45, 7) is 2.06. The second kappa shape index (κ2) is 6.95. The minimum Gasteiger partial charge on any atom is -0.491 e. The molecule has 0 aromatic heterocycles. The third-order valence-corrected chi connectivity index (χ3v) is 4.22. The van der Waals surface area contributed by atoms with Crippen LogP contribution in [0.25, 0.3) is 0 Å². The van der Waals surface area contributed by atoms with E-state index in [1.165, 1.54) is 0 Å². The highest BCUT2D eigenvalue weighted by molar-refractivity contribution is 6.32. The molecule has 1 saturated heterocycles. The number of benzene rings is 1. The van der Waals surface area contributed by atoms with Crippen LogP contribution < -0.4 is 4.74 Å². The SMILES string of the molecule is CN1CCC(C(COc2ccccc2Cl)C(=O)O)CC1. The maximum absolute atomic E-state index is 11.5. The molecular formula is C15H20ClNO3. The zero-order valence-electron chi connectivity index (χ0n) is 11.6. The number of carboxylic acid groups (broad SMARTS) is 1. The summed E-state index contributed by atoms with van der Waals surface area (Å²) in [6, 6.07) is 7.14. The Morgan fingerprint density at radius 1 is 1.45 bits per heavy atom. The van der Waals surface area contributed by atoms with E-state index in [9.17, 15) is 9.90 Å². The van der Waals surface area contributed by atoms with Crippen LogP contribution in [-0.4, -0.2) is 42.7 Å². The fourth-order valence-electron chi connectivity index (χ4n) is 2.58. The first-order valence-corrected chi connectivity index (χ1v) is 7.24. The highest BCUT2D eigenvalue weighted by Gasteiger charge is 2.31. The molecule has 0 spiro atoms. The van der Waals surface area contributed by atoms with Crippen LogP contribution in [0.2, 0.25) is 5.02 Å². The number of nitrogens with zero attached hydrogens (tertiary/aromatic N) is 1. The topological polar surface area (TPSA) is 49.8 Å². The van der Waals surface area contributed by atoms with Gasteiger partial charge in [0.05, 0.1) is 10.9 Å². The average Bonchev–Trinajstić information content (AvgIpc) is 2.42. The van der Waals surface area contributed by atoms with Gasteiger partial charge in [0, 0.05) is 0 Å². The molecule has 110 valence electrons. The molecule has 0 aliphatic carbocycles. The Balaban J connectivity index is 1.96. The van der Waals surface area contributed by atoms with Crippen LogP contribution in [0.15, 0.2) is 24.3 Å². The molecule has 0 bridgehead atoms. The number of rotatable bonds is 5. The number of para-hydroxylation sites is 1. The van der Waals surface area contributed by atoms with Crippen LogP contribution in [-0.2, 0) is 4.79 Å². The first-order valence-electron chi connectivity index (χ1n) is 6.86. The van der Waals surface area contributed by atoms with Crippen molar-refractivity contribution in [1.29, 1.82) is 0 Å². The Kier molecular flexibility index (Phi) is 5.26. The molecule has 0 saturated carbocycles. The molecule has 2 rings (SSSR count). The van der Waals surface area contributed by atoms with Crippen molar-refractivity contribution in [3.8, 4) is 5.75 Å². The molecule has 1 fully saturated rings. The molecule has 0 radical (unpaired) electrons. The van der Waals surface area contributed by atoms with E-state index < -0.39 is 11.9 Å². The molecule has 1 aliphatic heterocycles. The minimum absolute atomic E-state index is 0.172. The van der Waals surface area contributed by atoms with Gasteiger partial charge in [-0.05, 0) is 51.0 Å². The van der Waals surface area contributed by atoms with Gasteiger partial charge in [-0.2, -0.15) is 0 Å². The standard InChI is InChI=1S/C15H20ClNO3/c1-17-8-6-11(7-9-17)12(15(18)19)10-20-14-5-3-2-4-13(14)16/h2-5,11-12H,6-10H2,1H3,(H,18,19). The summed E-state index contributed by atoms with van der Waals surface area (Å²) in [5.74, 6) is -0.536. The largest absolute Gasteiger partial charge is 0.491 e. The number of halogens is 1. The van der Waals surface area contributed by atoms with Crippen molar-refractivity contribution in [2.45, 2.75) is 12.8 Å². The third-order valence-electron chi connectivity index (χ3n) is 3.90. The Hall–Kier alpha value is -1.26. The molecule has 20 heavy (non-hydrogen) atoms. The predicted molar refractivity (Wildman–Crippen MR) is 78.3 cm³/mol. The number of ether oxygens (including phenoxy) is 1. The number of carbonyl (C=O) groups is 1. The summed E-state index contributed by atoms with van der Waals surface area (Å²) in [7, 11) is 2.06. The summed E-state index contributed by atoms with van der Waals surface area (Å²) in [6.07, 6.45) is 1.80. The van der Waals surface area contributed by atoms with E-state index in [1.807, 2.05) is 12.1 Å². The summed E-state index contributed by atoms with van der Waals surface area (Å²) >= 11 is 6.01. The smallest absolute Gasteiger partial charge is 0.310 e. The highest BCUT2D eigenvalue weighted by Crippen LogP contribution is 2.28. The van der Waals surface area contributed by atoms with Crippen LogP contribution in [0.3, 0.4) is 0 Å². The molecule has 1 heterocycles. The van der Waals surface area contributed by atoms with Crippen LogP contribution in [0.5, 0.6) is 5.75 Å². The van der Waals surface area contributed by atoms with E-state index in [-0.39, 0.29) is 12.5 Å².